The van der Waals surface area contributed by atoms with Crippen molar-refractivity contribution in [1.29, 1.82) is 0 Å². The molecule has 1 aliphatic rings. The number of hydrogen-bond acceptors (Lipinski definition) is 8. The Morgan fingerprint density at radius 2 is 1.69 bits per heavy atom. The van der Waals surface area contributed by atoms with E-state index in [1.807, 2.05) is 13.8 Å². The standard InChI is InChI=1S/C34H44ClN3O8S2/c1-24-21-38(25(2)23-39)34(40)31-20-28(36-47(41,42)29-16-13-27(35)14-17-29)15-18-32(31)46-26(3)10-8-9-19-45-33(24)22-37(4)48(43,44)30-11-6-5-7-12-30/h5-7,11-18,20,24-26,33,36,39H,8-10,19,21-23H2,1-4H3/t24-,25+,26-,33+/m0/s1. The molecule has 2 N–H and O–H groups in total. The van der Waals surface area contributed by atoms with Gasteiger partial charge in [0, 0.05) is 43.4 Å². The van der Waals surface area contributed by atoms with Crippen LogP contribution in [0.5, 0.6) is 5.75 Å². The lowest BCUT2D eigenvalue weighted by Crippen LogP contribution is -2.48. The summed E-state index contributed by atoms with van der Waals surface area (Å²) < 4.78 is 69.4. The van der Waals surface area contributed by atoms with E-state index in [0.717, 1.165) is 6.42 Å². The Labute approximate surface area is 288 Å². The Balaban J connectivity index is 1.68. The Bertz CT molecular complexity index is 1740. The van der Waals surface area contributed by atoms with Crippen LogP contribution < -0.4 is 9.46 Å². The second-order valence-electron chi connectivity index (χ2n) is 12.2. The van der Waals surface area contributed by atoms with Crippen LogP contribution >= 0.6 is 11.6 Å². The molecular weight excluding hydrogens is 678 g/mol. The topological polar surface area (TPSA) is 143 Å². The number of rotatable bonds is 9. The summed E-state index contributed by atoms with van der Waals surface area (Å²) >= 11 is 5.94. The van der Waals surface area contributed by atoms with E-state index in [1.54, 1.807) is 31.2 Å². The molecule has 0 saturated carbocycles. The molecule has 0 radical (unpaired) electrons. The van der Waals surface area contributed by atoms with E-state index in [-0.39, 0.29) is 58.5 Å². The number of halogens is 1. The highest BCUT2D eigenvalue weighted by molar-refractivity contribution is 7.92. The number of likely N-dealkylation sites (N-methyl/N-ethyl adjacent to an activating group) is 1. The summed E-state index contributed by atoms with van der Waals surface area (Å²) in [5, 5.41) is 10.6. The molecule has 3 aromatic rings. The molecule has 4 atom stereocenters. The quantitative estimate of drug-likeness (QED) is 0.305. The number of carbonyl (C=O) groups excluding carboxylic acids is 1. The maximum absolute atomic E-state index is 14.4. The van der Waals surface area contributed by atoms with Gasteiger partial charge in [-0.1, -0.05) is 36.7 Å². The molecule has 0 saturated heterocycles. The molecule has 262 valence electrons. The van der Waals surface area contributed by atoms with Gasteiger partial charge in [-0.15, -0.1) is 0 Å². The zero-order valence-electron chi connectivity index (χ0n) is 27.6. The normalized spacial score (nSPS) is 20.8. The van der Waals surface area contributed by atoms with Crippen molar-refractivity contribution in [2.45, 2.75) is 68.1 Å². The maximum Gasteiger partial charge on any atom is 0.261 e. The molecule has 1 amide bonds. The van der Waals surface area contributed by atoms with Gasteiger partial charge in [0.15, 0.2) is 0 Å². The van der Waals surface area contributed by atoms with Crippen molar-refractivity contribution in [3.8, 4) is 5.75 Å². The van der Waals surface area contributed by atoms with E-state index in [2.05, 4.69) is 4.72 Å². The number of hydrogen-bond donors (Lipinski definition) is 2. The molecule has 14 heteroatoms. The zero-order valence-corrected chi connectivity index (χ0v) is 30.0. The van der Waals surface area contributed by atoms with Crippen LogP contribution in [0.1, 0.15) is 50.4 Å². The van der Waals surface area contributed by atoms with Gasteiger partial charge in [-0.25, -0.2) is 16.8 Å². The van der Waals surface area contributed by atoms with Gasteiger partial charge in [0.05, 0.1) is 40.2 Å². The minimum atomic E-state index is -4.01. The SMILES string of the molecule is C[C@H](CO)N1C[C@H](C)[C@@H](CN(C)S(=O)(=O)c2ccccc2)OCCCC[C@H](C)Oc2ccc(NS(=O)(=O)c3ccc(Cl)cc3)cc2C1=O. The van der Waals surface area contributed by atoms with Crippen molar-refractivity contribution in [2.24, 2.45) is 5.92 Å². The average Bonchev–Trinajstić information content (AvgIpc) is 3.06. The Morgan fingerprint density at radius 3 is 2.35 bits per heavy atom. The first-order valence-corrected chi connectivity index (χ1v) is 19.2. The van der Waals surface area contributed by atoms with Gasteiger partial charge in [-0.05, 0) is 87.7 Å². The van der Waals surface area contributed by atoms with Crippen molar-refractivity contribution in [2.75, 3.05) is 38.1 Å². The van der Waals surface area contributed by atoms with Crippen molar-refractivity contribution >= 4 is 43.2 Å². The highest BCUT2D eigenvalue weighted by Crippen LogP contribution is 2.30. The summed E-state index contributed by atoms with van der Waals surface area (Å²) in [5.74, 6) is -0.573. The third-order valence-corrected chi connectivity index (χ3v) is 11.8. The average molecular weight is 722 g/mol. The number of carbonyl (C=O) groups is 1. The van der Waals surface area contributed by atoms with Crippen molar-refractivity contribution in [3.63, 3.8) is 0 Å². The summed E-state index contributed by atoms with van der Waals surface area (Å²) in [7, 11) is -6.31. The van der Waals surface area contributed by atoms with Gasteiger partial charge in [-0.2, -0.15) is 4.31 Å². The number of aliphatic hydroxyl groups excluding tert-OH is 1. The minimum Gasteiger partial charge on any atom is -0.490 e. The monoisotopic (exact) mass is 721 g/mol. The highest BCUT2D eigenvalue weighted by atomic mass is 35.5. The molecule has 0 aromatic heterocycles. The number of nitrogens with zero attached hydrogens (tertiary/aromatic N) is 2. The second-order valence-corrected chi connectivity index (χ2v) is 16.3. The van der Waals surface area contributed by atoms with Crippen molar-refractivity contribution < 1.29 is 36.2 Å². The van der Waals surface area contributed by atoms with E-state index >= 15 is 0 Å². The smallest absolute Gasteiger partial charge is 0.261 e. The van der Waals surface area contributed by atoms with Crippen LogP contribution in [-0.2, 0) is 24.8 Å². The number of benzene rings is 3. The summed E-state index contributed by atoms with van der Waals surface area (Å²) in [6, 6.07) is 17.7. The van der Waals surface area contributed by atoms with Gasteiger partial charge in [0.2, 0.25) is 10.0 Å². The zero-order chi connectivity index (χ0) is 35.1. The summed E-state index contributed by atoms with van der Waals surface area (Å²) in [4.78, 5) is 16.0. The molecule has 4 rings (SSSR count). The fraction of sp³-hybridized carbons (Fsp3) is 0.441. The minimum absolute atomic E-state index is 0.00201. The second kappa shape index (κ2) is 16.5. The fourth-order valence-electron chi connectivity index (χ4n) is 5.40. The molecule has 0 bridgehead atoms. The predicted molar refractivity (Wildman–Crippen MR) is 185 cm³/mol. The maximum atomic E-state index is 14.4. The molecule has 0 fully saturated rings. The first-order valence-electron chi connectivity index (χ1n) is 15.9. The van der Waals surface area contributed by atoms with Crippen LogP contribution in [0.25, 0.3) is 0 Å². The third-order valence-electron chi connectivity index (χ3n) is 8.32. The first-order chi connectivity index (χ1) is 22.7. The van der Waals surface area contributed by atoms with Crippen LogP contribution in [-0.4, -0.2) is 88.7 Å². The summed E-state index contributed by atoms with van der Waals surface area (Å²) in [6.07, 6.45) is 1.26. The number of sulfonamides is 2. The van der Waals surface area contributed by atoms with Gasteiger partial charge in [-0.3, -0.25) is 9.52 Å². The molecule has 0 aliphatic carbocycles. The highest BCUT2D eigenvalue weighted by Gasteiger charge is 2.32. The van der Waals surface area contributed by atoms with E-state index in [0.29, 0.717) is 24.5 Å². The molecule has 3 aromatic carbocycles. The number of fused-ring (bicyclic) bond motifs is 1. The molecule has 48 heavy (non-hydrogen) atoms. The van der Waals surface area contributed by atoms with Crippen LogP contribution in [0.4, 0.5) is 5.69 Å². The largest absolute Gasteiger partial charge is 0.490 e. The number of aliphatic hydroxyl groups is 1. The predicted octanol–water partition coefficient (Wildman–Crippen LogP) is 5.26. The number of nitrogens with one attached hydrogen (secondary N) is 1. The lowest BCUT2D eigenvalue weighted by Gasteiger charge is -2.35. The van der Waals surface area contributed by atoms with E-state index in [4.69, 9.17) is 21.1 Å². The summed E-state index contributed by atoms with van der Waals surface area (Å²) in [5.41, 5.74) is 0.261. The molecule has 0 unspecified atom stereocenters. The van der Waals surface area contributed by atoms with E-state index < -0.39 is 38.1 Å². The number of anilines is 1. The number of ether oxygens (including phenoxy) is 2. The number of amides is 1. The molecule has 11 nitrogen and oxygen atoms in total. The first kappa shape index (κ1) is 37.6. The van der Waals surface area contributed by atoms with Gasteiger partial charge in [0.25, 0.3) is 15.9 Å². The van der Waals surface area contributed by atoms with Gasteiger partial charge < -0.3 is 19.5 Å². The van der Waals surface area contributed by atoms with Crippen molar-refractivity contribution in [3.05, 3.63) is 83.4 Å². The van der Waals surface area contributed by atoms with Crippen LogP contribution in [0.2, 0.25) is 5.02 Å². The van der Waals surface area contributed by atoms with E-state index in [1.165, 1.54) is 64.8 Å². The lowest BCUT2D eigenvalue weighted by atomic mass is 10.0. The lowest BCUT2D eigenvalue weighted by molar-refractivity contribution is -0.00833. The Morgan fingerprint density at radius 1 is 1.00 bits per heavy atom. The Hall–Kier alpha value is -3.20. The molecular formula is C34H44ClN3O8S2. The Kier molecular flexibility index (Phi) is 12.9. The molecule has 0 spiro atoms. The molecule has 1 aliphatic heterocycles. The third kappa shape index (κ3) is 9.48. The van der Waals surface area contributed by atoms with Gasteiger partial charge >= 0.3 is 0 Å². The van der Waals surface area contributed by atoms with Crippen LogP contribution in [0.15, 0.2) is 82.6 Å². The fourth-order valence-corrected chi connectivity index (χ4v) is 7.78. The van der Waals surface area contributed by atoms with Crippen molar-refractivity contribution in [1.82, 2.24) is 9.21 Å². The van der Waals surface area contributed by atoms with Gasteiger partial charge in [0.1, 0.15) is 5.75 Å². The van der Waals surface area contributed by atoms with Crippen LogP contribution in [0.3, 0.4) is 0 Å². The molecule has 1 heterocycles. The van der Waals surface area contributed by atoms with Crippen LogP contribution in [0, 0.1) is 5.92 Å². The van der Waals surface area contributed by atoms with E-state index in [9.17, 15) is 26.7 Å². The summed E-state index contributed by atoms with van der Waals surface area (Å²) in [6.45, 7) is 5.66.